The van der Waals surface area contributed by atoms with E-state index in [1.807, 2.05) is 36.6 Å². The Bertz CT molecular complexity index is 1760. The van der Waals surface area contributed by atoms with E-state index in [-0.39, 0.29) is 18.6 Å². The molecule has 202 valence electrons. The highest BCUT2D eigenvalue weighted by atomic mass is 35.5. The Morgan fingerprint density at radius 3 is 2.40 bits per heavy atom. The Morgan fingerprint density at radius 2 is 1.68 bits per heavy atom. The topological polar surface area (TPSA) is 94.8 Å². The SMILES string of the molecule is CCOC(=O)c1c(-c2ccc(C)cc2)csc1NC(=O)COc1ccc2c(=O)c(-c3ccc(Cl)cc3)coc2c1. The molecule has 40 heavy (non-hydrogen) atoms. The Hall–Kier alpha value is -4.40. The summed E-state index contributed by atoms with van der Waals surface area (Å²) < 4.78 is 16.6. The Morgan fingerprint density at radius 1 is 0.975 bits per heavy atom. The zero-order valence-corrected chi connectivity index (χ0v) is 23.2. The maximum absolute atomic E-state index is 13.0. The van der Waals surface area contributed by atoms with E-state index in [4.69, 9.17) is 25.5 Å². The molecule has 0 radical (unpaired) electrons. The van der Waals surface area contributed by atoms with Crippen LogP contribution in [-0.2, 0) is 9.53 Å². The Balaban J connectivity index is 1.31. The number of rotatable bonds is 8. The van der Waals surface area contributed by atoms with Crippen molar-refractivity contribution in [2.45, 2.75) is 13.8 Å². The van der Waals surface area contributed by atoms with Crippen molar-refractivity contribution in [1.29, 1.82) is 0 Å². The summed E-state index contributed by atoms with van der Waals surface area (Å²) >= 11 is 7.19. The molecule has 0 saturated carbocycles. The monoisotopic (exact) mass is 573 g/mol. The van der Waals surface area contributed by atoms with Crippen LogP contribution in [0.5, 0.6) is 5.75 Å². The van der Waals surface area contributed by atoms with Crippen LogP contribution in [0.1, 0.15) is 22.8 Å². The molecule has 0 spiro atoms. The van der Waals surface area contributed by atoms with Crippen LogP contribution in [0.15, 0.2) is 87.6 Å². The van der Waals surface area contributed by atoms with Crippen molar-refractivity contribution in [3.05, 3.63) is 105 Å². The molecule has 0 unspecified atom stereocenters. The van der Waals surface area contributed by atoms with Crippen molar-refractivity contribution in [3.63, 3.8) is 0 Å². The lowest BCUT2D eigenvalue weighted by molar-refractivity contribution is -0.118. The number of nitrogens with one attached hydrogen (secondary N) is 1. The lowest BCUT2D eigenvalue weighted by Crippen LogP contribution is -2.21. The molecule has 7 nitrogen and oxygen atoms in total. The van der Waals surface area contributed by atoms with E-state index in [0.717, 1.165) is 11.1 Å². The van der Waals surface area contributed by atoms with Crippen LogP contribution in [0.4, 0.5) is 5.00 Å². The van der Waals surface area contributed by atoms with Gasteiger partial charge in [-0.2, -0.15) is 0 Å². The molecule has 0 aliphatic rings. The fourth-order valence-electron chi connectivity index (χ4n) is 4.14. The van der Waals surface area contributed by atoms with Gasteiger partial charge in [-0.25, -0.2) is 4.79 Å². The highest BCUT2D eigenvalue weighted by Gasteiger charge is 2.23. The Labute approximate surface area is 238 Å². The second-order valence-electron chi connectivity index (χ2n) is 8.92. The first-order valence-electron chi connectivity index (χ1n) is 12.4. The molecular weight excluding hydrogens is 550 g/mol. The van der Waals surface area contributed by atoms with Crippen molar-refractivity contribution in [2.75, 3.05) is 18.5 Å². The smallest absolute Gasteiger partial charge is 0.341 e. The van der Waals surface area contributed by atoms with Crippen molar-refractivity contribution in [2.24, 2.45) is 0 Å². The quantitative estimate of drug-likeness (QED) is 0.195. The maximum Gasteiger partial charge on any atom is 0.341 e. The standard InChI is InChI=1S/C31H24ClNO6S/c1-3-37-31(36)28-25(20-6-4-18(2)5-7-20)17-40-30(28)33-27(34)16-38-22-12-13-23-26(14-22)39-15-24(29(23)35)19-8-10-21(32)11-9-19/h4-15,17H,3,16H2,1-2H3,(H,33,34). The molecule has 1 amide bonds. The van der Waals surface area contributed by atoms with Gasteiger partial charge in [-0.3, -0.25) is 9.59 Å². The molecule has 0 bridgehead atoms. The van der Waals surface area contributed by atoms with Crippen LogP contribution in [-0.4, -0.2) is 25.1 Å². The minimum atomic E-state index is -0.516. The first kappa shape index (κ1) is 27.2. The third kappa shape index (κ3) is 5.78. The van der Waals surface area contributed by atoms with Crippen LogP contribution in [0.3, 0.4) is 0 Å². The lowest BCUT2D eigenvalue weighted by Gasteiger charge is -2.10. The summed E-state index contributed by atoms with van der Waals surface area (Å²) in [7, 11) is 0. The van der Waals surface area contributed by atoms with Crippen LogP contribution >= 0.6 is 22.9 Å². The second-order valence-corrected chi connectivity index (χ2v) is 10.2. The van der Waals surface area contributed by atoms with Crippen molar-refractivity contribution in [3.8, 4) is 28.0 Å². The van der Waals surface area contributed by atoms with E-state index in [2.05, 4.69) is 5.32 Å². The molecular formula is C31H24ClNO6S. The highest BCUT2D eigenvalue weighted by molar-refractivity contribution is 7.15. The van der Waals surface area contributed by atoms with Crippen LogP contribution in [0, 0.1) is 6.92 Å². The summed E-state index contributed by atoms with van der Waals surface area (Å²) in [6, 6.07) is 19.4. The van der Waals surface area contributed by atoms with E-state index in [9.17, 15) is 14.4 Å². The fraction of sp³-hybridized carbons (Fsp3) is 0.129. The number of fused-ring (bicyclic) bond motifs is 1. The zero-order valence-electron chi connectivity index (χ0n) is 21.7. The molecule has 3 aromatic carbocycles. The summed E-state index contributed by atoms with van der Waals surface area (Å²) in [5.74, 6) is -0.622. The van der Waals surface area contributed by atoms with Gasteiger partial charge in [0.2, 0.25) is 0 Å². The molecule has 0 aliphatic heterocycles. The second kappa shape index (κ2) is 11.8. The molecule has 0 fully saturated rings. The van der Waals surface area contributed by atoms with Gasteiger partial charge in [-0.1, -0.05) is 53.6 Å². The van der Waals surface area contributed by atoms with Crippen molar-refractivity contribution < 1.29 is 23.5 Å². The summed E-state index contributed by atoms with van der Waals surface area (Å²) in [4.78, 5) is 38.6. The number of carbonyl (C=O) groups is 2. The van der Waals surface area contributed by atoms with Crippen LogP contribution in [0.25, 0.3) is 33.2 Å². The van der Waals surface area contributed by atoms with Gasteiger partial charge in [0.25, 0.3) is 5.91 Å². The summed E-state index contributed by atoms with van der Waals surface area (Å²) in [6.45, 7) is 3.60. The number of benzene rings is 3. The third-order valence-electron chi connectivity index (χ3n) is 6.16. The predicted molar refractivity (Wildman–Crippen MR) is 158 cm³/mol. The number of amides is 1. The minimum Gasteiger partial charge on any atom is -0.484 e. The number of esters is 1. The van der Waals surface area contributed by atoms with Gasteiger partial charge in [-0.15, -0.1) is 11.3 Å². The van der Waals surface area contributed by atoms with Crippen LogP contribution in [0.2, 0.25) is 5.02 Å². The lowest BCUT2D eigenvalue weighted by atomic mass is 10.0. The number of aryl methyl sites for hydroxylation is 1. The molecule has 5 aromatic rings. The maximum atomic E-state index is 13.0. The molecule has 0 saturated heterocycles. The first-order valence-corrected chi connectivity index (χ1v) is 13.7. The number of thiophene rings is 1. The van der Waals surface area contributed by atoms with Gasteiger partial charge in [-0.05, 0) is 49.2 Å². The summed E-state index contributed by atoms with van der Waals surface area (Å²) in [5.41, 5.74) is 4.16. The van der Waals surface area contributed by atoms with E-state index < -0.39 is 11.9 Å². The first-order chi connectivity index (χ1) is 19.3. The van der Waals surface area contributed by atoms with E-state index >= 15 is 0 Å². The molecule has 0 aliphatic carbocycles. The van der Waals surface area contributed by atoms with Gasteiger partial charge in [0.1, 0.15) is 28.2 Å². The summed E-state index contributed by atoms with van der Waals surface area (Å²) in [5, 5.41) is 5.91. The molecule has 9 heteroatoms. The molecule has 5 rings (SSSR count). The van der Waals surface area contributed by atoms with Crippen molar-refractivity contribution in [1.82, 2.24) is 0 Å². The van der Waals surface area contributed by atoms with E-state index in [1.165, 1.54) is 17.6 Å². The number of ether oxygens (including phenoxy) is 2. The molecule has 1 N–H and O–H groups in total. The van der Waals surface area contributed by atoms with Gasteiger partial charge >= 0.3 is 5.97 Å². The van der Waals surface area contributed by atoms with Crippen LogP contribution < -0.4 is 15.5 Å². The number of carbonyl (C=O) groups excluding carboxylic acids is 2. The predicted octanol–water partition coefficient (Wildman–Crippen LogP) is 7.34. The average molecular weight is 574 g/mol. The normalized spacial score (nSPS) is 10.9. The van der Waals surface area contributed by atoms with Gasteiger partial charge in [0.05, 0.1) is 17.6 Å². The number of hydrogen-bond acceptors (Lipinski definition) is 7. The van der Waals surface area contributed by atoms with Gasteiger partial charge in [0, 0.05) is 22.0 Å². The van der Waals surface area contributed by atoms with Crippen molar-refractivity contribution >= 4 is 50.8 Å². The minimum absolute atomic E-state index is 0.193. The zero-order chi connectivity index (χ0) is 28.2. The largest absolute Gasteiger partial charge is 0.484 e. The van der Waals surface area contributed by atoms with E-state index in [1.54, 1.807) is 49.4 Å². The number of anilines is 1. The van der Waals surface area contributed by atoms with E-state index in [0.29, 0.717) is 49.0 Å². The molecule has 2 aromatic heterocycles. The highest BCUT2D eigenvalue weighted by Crippen LogP contribution is 2.36. The van der Waals surface area contributed by atoms with Gasteiger partial charge in [0.15, 0.2) is 12.0 Å². The number of halogens is 1. The Kier molecular flexibility index (Phi) is 8.00. The number of hydrogen-bond donors (Lipinski definition) is 1. The average Bonchev–Trinajstić information content (AvgIpc) is 3.36. The summed E-state index contributed by atoms with van der Waals surface area (Å²) in [6.07, 6.45) is 1.39. The van der Waals surface area contributed by atoms with Gasteiger partial charge < -0.3 is 19.2 Å². The molecule has 0 atom stereocenters. The third-order valence-corrected chi connectivity index (χ3v) is 7.30. The fourth-order valence-corrected chi connectivity index (χ4v) is 5.24. The molecule has 2 heterocycles.